The smallest absolute Gasteiger partial charge is 0.335 e. The number of benzene rings is 1. The van der Waals surface area contributed by atoms with Crippen LogP contribution >= 0.6 is 0 Å². The Labute approximate surface area is 93.2 Å². The molecule has 5 heteroatoms. The van der Waals surface area contributed by atoms with Gasteiger partial charge in [0.05, 0.1) is 12.1 Å². The molecule has 1 aliphatic heterocycles. The highest BCUT2D eigenvalue weighted by Crippen LogP contribution is 2.10. The van der Waals surface area contributed by atoms with Gasteiger partial charge in [0.25, 0.3) is 0 Å². The van der Waals surface area contributed by atoms with Gasteiger partial charge in [-0.3, -0.25) is 4.99 Å². The summed E-state index contributed by atoms with van der Waals surface area (Å²) in [6, 6.07) is 6.90. The number of anilines is 1. The van der Waals surface area contributed by atoms with E-state index in [9.17, 15) is 4.79 Å². The normalized spacial score (nSPS) is 18.8. The van der Waals surface area contributed by atoms with Gasteiger partial charge in [-0.05, 0) is 31.2 Å². The number of hydrogen-bond acceptors (Lipinski definition) is 4. The van der Waals surface area contributed by atoms with E-state index in [4.69, 9.17) is 5.11 Å². The maximum Gasteiger partial charge on any atom is 0.335 e. The fourth-order valence-corrected chi connectivity index (χ4v) is 1.46. The highest BCUT2D eigenvalue weighted by molar-refractivity contribution is 5.95. The minimum Gasteiger partial charge on any atom is -0.478 e. The van der Waals surface area contributed by atoms with Crippen LogP contribution in [0.3, 0.4) is 0 Å². The predicted molar refractivity (Wildman–Crippen MR) is 61.9 cm³/mol. The van der Waals surface area contributed by atoms with Crippen molar-refractivity contribution in [3.63, 3.8) is 0 Å². The average Bonchev–Trinajstić information content (AvgIpc) is 2.65. The fourth-order valence-electron chi connectivity index (χ4n) is 1.46. The first-order chi connectivity index (χ1) is 7.65. The Balaban J connectivity index is 2.03. The second kappa shape index (κ2) is 4.22. The number of carboxylic acids is 1. The van der Waals surface area contributed by atoms with Crippen LogP contribution in [0, 0.1) is 0 Å². The van der Waals surface area contributed by atoms with Gasteiger partial charge >= 0.3 is 5.97 Å². The number of guanidine groups is 1. The first-order valence-corrected chi connectivity index (χ1v) is 5.06. The second-order valence-electron chi connectivity index (χ2n) is 3.74. The highest BCUT2D eigenvalue weighted by atomic mass is 16.4. The summed E-state index contributed by atoms with van der Waals surface area (Å²) in [6.45, 7) is 2.81. The molecule has 5 nitrogen and oxygen atoms in total. The lowest BCUT2D eigenvalue weighted by atomic mass is 10.2. The van der Waals surface area contributed by atoms with Crippen molar-refractivity contribution < 1.29 is 9.90 Å². The van der Waals surface area contributed by atoms with Gasteiger partial charge in [-0.1, -0.05) is 0 Å². The number of carbonyl (C=O) groups is 1. The quantitative estimate of drug-likeness (QED) is 0.697. The van der Waals surface area contributed by atoms with E-state index >= 15 is 0 Å². The highest BCUT2D eigenvalue weighted by Gasteiger charge is 2.12. The molecule has 1 atom stereocenters. The van der Waals surface area contributed by atoms with E-state index in [-0.39, 0.29) is 5.56 Å². The van der Waals surface area contributed by atoms with Gasteiger partial charge in [0, 0.05) is 11.7 Å². The topological polar surface area (TPSA) is 73.7 Å². The Bertz CT molecular complexity index is 425. The third-order valence-corrected chi connectivity index (χ3v) is 2.30. The maximum atomic E-state index is 10.6. The lowest BCUT2D eigenvalue weighted by Crippen LogP contribution is -2.32. The Kier molecular flexibility index (Phi) is 2.76. The van der Waals surface area contributed by atoms with Crippen LogP contribution < -0.4 is 10.6 Å². The summed E-state index contributed by atoms with van der Waals surface area (Å²) < 4.78 is 0. The van der Waals surface area contributed by atoms with Gasteiger partial charge in [0.1, 0.15) is 0 Å². The van der Waals surface area contributed by atoms with E-state index < -0.39 is 5.97 Å². The predicted octanol–water partition coefficient (Wildman–Crippen LogP) is 1.14. The Morgan fingerprint density at radius 2 is 2.19 bits per heavy atom. The second-order valence-corrected chi connectivity index (χ2v) is 3.74. The first kappa shape index (κ1) is 10.5. The van der Waals surface area contributed by atoms with E-state index in [1.54, 1.807) is 24.3 Å². The van der Waals surface area contributed by atoms with Crippen molar-refractivity contribution in [3.8, 4) is 0 Å². The van der Waals surface area contributed by atoms with E-state index in [0.717, 1.165) is 18.2 Å². The summed E-state index contributed by atoms with van der Waals surface area (Å²) in [5, 5.41) is 15.0. The third kappa shape index (κ3) is 2.31. The Hall–Kier alpha value is -2.04. The van der Waals surface area contributed by atoms with Gasteiger partial charge in [0.2, 0.25) is 0 Å². The molecule has 0 saturated carbocycles. The summed E-state index contributed by atoms with van der Waals surface area (Å²) >= 11 is 0. The summed E-state index contributed by atoms with van der Waals surface area (Å²) in [7, 11) is 0. The number of nitrogens with zero attached hydrogens (tertiary/aromatic N) is 1. The minimum absolute atomic E-state index is 0.278. The molecule has 1 aliphatic rings. The molecule has 2 rings (SSSR count). The van der Waals surface area contributed by atoms with Crippen molar-refractivity contribution in [2.75, 3.05) is 11.9 Å². The Morgan fingerprint density at radius 3 is 2.69 bits per heavy atom. The molecule has 0 aliphatic carbocycles. The SMILES string of the molecule is CC1CN=C(Nc2ccc(C(=O)O)cc2)N1. The molecule has 0 saturated heterocycles. The summed E-state index contributed by atoms with van der Waals surface area (Å²) in [4.78, 5) is 14.9. The molecule has 1 aromatic carbocycles. The summed E-state index contributed by atoms with van der Waals surface area (Å²) in [6.07, 6.45) is 0. The standard InChI is InChI=1S/C11H13N3O2/c1-7-6-12-11(13-7)14-9-4-2-8(3-5-9)10(15)16/h2-5,7H,6H2,1H3,(H,15,16)(H2,12,13,14). The van der Waals surface area contributed by atoms with Crippen LogP contribution in [0.1, 0.15) is 17.3 Å². The number of carboxylic acid groups (broad SMARTS) is 1. The number of aliphatic imine (C=N–C) groups is 1. The molecule has 84 valence electrons. The Morgan fingerprint density at radius 1 is 1.50 bits per heavy atom. The average molecular weight is 219 g/mol. The summed E-state index contributed by atoms with van der Waals surface area (Å²) in [5.74, 6) is -0.188. The van der Waals surface area contributed by atoms with Gasteiger partial charge < -0.3 is 15.7 Å². The zero-order chi connectivity index (χ0) is 11.5. The van der Waals surface area contributed by atoms with Crippen LogP contribution in [0.5, 0.6) is 0 Å². The van der Waals surface area contributed by atoms with Crippen molar-refractivity contribution in [1.29, 1.82) is 0 Å². The van der Waals surface area contributed by atoms with Crippen molar-refractivity contribution in [3.05, 3.63) is 29.8 Å². The lowest BCUT2D eigenvalue weighted by molar-refractivity contribution is 0.0697. The molecule has 0 radical (unpaired) electrons. The van der Waals surface area contributed by atoms with Crippen LogP contribution in [-0.2, 0) is 0 Å². The number of nitrogens with one attached hydrogen (secondary N) is 2. The van der Waals surface area contributed by atoms with Gasteiger partial charge in [-0.2, -0.15) is 0 Å². The molecule has 0 fully saturated rings. The maximum absolute atomic E-state index is 10.6. The number of rotatable bonds is 2. The van der Waals surface area contributed by atoms with Crippen molar-refractivity contribution >= 4 is 17.6 Å². The molecule has 0 amide bonds. The van der Waals surface area contributed by atoms with E-state index in [1.807, 2.05) is 6.92 Å². The fraction of sp³-hybridized carbons (Fsp3) is 0.273. The largest absolute Gasteiger partial charge is 0.478 e. The zero-order valence-corrected chi connectivity index (χ0v) is 8.90. The molecule has 0 aromatic heterocycles. The van der Waals surface area contributed by atoms with Crippen LogP contribution in [0.2, 0.25) is 0 Å². The van der Waals surface area contributed by atoms with Crippen LogP contribution in [-0.4, -0.2) is 29.6 Å². The first-order valence-electron chi connectivity index (χ1n) is 5.06. The van der Waals surface area contributed by atoms with Gasteiger partial charge in [-0.15, -0.1) is 0 Å². The van der Waals surface area contributed by atoms with Crippen LogP contribution in [0.25, 0.3) is 0 Å². The number of hydrogen-bond donors (Lipinski definition) is 3. The molecule has 3 N–H and O–H groups in total. The minimum atomic E-state index is -0.920. The zero-order valence-electron chi connectivity index (χ0n) is 8.90. The van der Waals surface area contributed by atoms with Crippen molar-refractivity contribution in [1.82, 2.24) is 5.32 Å². The third-order valence-electron chi connectivity index (χ3n) is 2.30. The van der Waals surface area contributed by atoms with Crippen molar-refractivity contribution in [2.45, 2.75) is 13.0 Å². The van der Waals surface area contributed by atoms with Crippen molar-refractivity contribution in [2.24, 2.45) is 4.99 Å². The molecule has 1 heterocycles. The number of aromatic carboxylic acids is 1. The van der Waals surface area contributed by atoms with Crippen LogP contribution in [0.4, 0.5) is 5.69 Å². The van der Waals surface area contributed by atoms with E-state index in [2.05, 4.69) is 15.6 Å². The molecule has 0 spiro atoms. The summed E-state index contributed by atoms with van der Waals surface area (Å²) in [5.41, 5.74) is 1.10. The molecule has 0 bridgehead atoms. The van der Waals surface area contributed by atoms with Crippen LogP contribution in [0.15, 0.2) is 29.3 Å². The molecular formula is C11H13N3O2. The lowest BCUT2D eigenvalue weighted by Gasteiger charge is -2.08. The molecule has 1 unspecified atom stereocenters. The molecule has 16 heavy (non-hydrogen) atoms. The van der Waals surface area contributed by atoms with E-state index in [0.29, 0.717) is 6.04 Å². The van der Waals surface area contributed by atoms with E-state index in [1.165, 1.54) is 0 Å². The van der Waals surface area contributed by atoms with Gasteiger partial charge in [0.15, 0.2) is 5.96 Å². The molecular weight excluding hydrogens is 206 g/mol. The monoisotopic (exact) mass is 219 g/mol. The van der Waals surface area contributed by atoms with Gasteiger partial charge in [-0.25, -0.2) is 4.79 Å². The molecule has 1 aromatic rings.